The number of nitrogens with one attached hydrogen (secondary N) is 2. The van der Waals surface area contributed by atoms with Crippen molar-refractivity contribution in [1.82, 2.24) is 15.3 Å². The van der Waals surface area contributed by atoms with Crippen molar-refractivity contribution in [2.45, 2.75) is 32.1 Å². The van der Waals surface area contributed by atoms with E-state index in [-0.39, 0.29) is 5.91 Å². The van der Waals surface area contributed by atoms with Gasteiger partial charge in [0.25, 0.3) is 5.91 Å². The van der Waals surface area contributed by atoms with Gasteiger partial charge in [-0.2, -0.15) is 0 Å². The molecule has 0 spiro atoms. The Kier molecular flexibility index (Phi) is 7.86. The normalized spacial score (nSPS) is 13.3. The highest BCUT2D eigenvalue weighted by Crippen LogP contribution is 2.19. The zero-order valence-corrected chi connectivity index (χ0v) is 16.8. The number of hydrogen-bond acceptors (Lipinski definition) is 6. The highest BCUT2D eigenvalue weighted by atomic mass is 16.5. The molecule has 0 bridgehead atoms. The molecule has 1 amide bonds. The maximum absolute atomic E-state index is 12.2. The standard InChI is InChI=1S/C22H28N4O3/c1-28-19-7-9-20(10-8-19)29-14-13-24-22-25-15-18(16-26-22)21(27)23-12-11-17-5-3-2-4-6-17/h5,7-10,15-16H,2-4,6,11-14H2,1H3,(H,23,27)(H,24,25,26). The first-order valence-electron chi connectivity index (χ1n) is 10.0. The summed E-state index contributed by atoms with van der Waals surface area (Å²) in [6.07, 6.45) is 11.1. The lowest BCUT2D eigenvalue weighted by Crippen LogP contribution is -2.25. The third kappa shape index (κ3) is 6.78. The third-order valence-corrected chi connectivity index (χ3v) is 4.74. The van der Waals surface area contributed by atoms with Crippen LogP contribution in [0.2, 0.25) is 0 Å². The Balaban J connectivity index is 1.35. The lowest BCUT2D eigenvalue weighted by molar-refractivity contribution is 0.0953. The molecule has 0 saturated carbocycles. The number of carbonyl (C=O) groups is 1. The first-order valence-corrected chi connectivity index (χ1v) is 10.0. The number of carbonyl (C=O) groups excluding carboxylic acids is 1. The molecule has 0 atom stereocenters. The van der Waals surface area contributed by atoms with E-state index < -0.39 is 0 Å². The number of allylic oxidation sites excluding steroid dienone is 1. The van der Waals surface area contributed by atoms with Gasteiger partial charge in [0.05, 0.1) is 19.2 Å². The molecule has 7 heteroatoms. The van der Waals surface area contributed by atoms with Crippen LogP contribution in [-0.4, -0.2) is 42.7 Å². The van der Waals surface area contributed by atoms with Crippen molar-refractivity contribution in [3.05, 3.63) is 53.9 Å². The Hall–Kier alpha value is -3.09. The van der Waals surface area contributed by atoms with E-state index in [1.807, 2.05) is 24.3 Å². The summed E-state index contributed by atoms with van der Waals surface area (Å²) in [5.41, 5.74) is 1.91. The van der Waals surface area contributed by atoms with Gasteiger partial charge in [-0.05, 0) is 56.4 Å². The second-order valence-electron chi connectivity index (χ2n) is 6.86. The number of anilines is 1. The summed E-state index contributed by atoms with van der Waals surface area (Å²) < 4.78 is 10.8. The molecule has 1 heterocycles. The van der Waals surface area contributed by atoms with Crippen molar-refractivity contribution in [3.8, 4) is 11.5 Å². The molecular weight excluding hydrogens is 368 g/mol. The fourth-order valence-corrected chi connectivity index (χ4v) is 3.11. The summed E-state index contributed by atoms with van der Waals surface area (Å²) in [4.78, 5) is 20.6. The van der Waals surface area contributed by atoms with Gasteiger partial charge in [0, 0.05) is 18.9 Å². The predicted molar refractivity (Wildman–Crippen MR) is 113 cm³/mol. The Morgan fingerprint density at radius 3 is 2.52 bits per heavy atom. The summed E-state index contributed by atoms with van der Waals surface area (Å²) in [5, 5.41) is 6.01. The van der Waals surface area contributed by atoms with Gasteiger partial charge in [-0.25, -0.2) is 9.97 Å². The summed E-state index contributed by atoms with van der Waals surface area (Å²) in [5.74, 6) is 1.88. The molecule has 29 heavy (non-hydrogen) atoms. The molecule has 0 unspecified atom stereocenters. The second kappa shape index (κ2) is 11.0. The molecule has 154 valence electrons. The monoisotopic (exact) mass is 396 g/mol. The molecule has 2 N–H and O–H groups in total. The first kappa shape index (κ1) is 20.6. The molecule has 1 aromatic heterocycles. The van der Waals surface area contributed by atoms with E-state index in [0.29, 0.717) is 31.2 Å². The number of rotatable bonds is 10. The Bertz CT molecular complexity index is 804. The minimum atomic E-state index is -0.143. The summed E-state index contributed by atoms with van der Waals surface area (Å²) in [7, 11) is 1.63. The van der Waals surface area contributed by atoms with Crippen molar-refractivity contribution < 1.29 is 14.3 Å². The molecule has 1 aliphatic carbocycles. The fourth-order valence-electron chi connectivity index (χ4n) is 3.11. The minimum Gasteiger partial charge on any atom is -0.497 e. The number of methoxy groups -OCH3 is 1. The Morgan fingerprint density at radius 2 is 1.83 bits per heavy atom. The zero-order chi connectivity index (χ0) is 20.3. The van der Waals surface area contributed by atoms with E-state index in [9.17, 15) is 4.79 Å². The van der Waals surface area contributed by atoms with Crippen LogP contribution < -0.4 is 20.1 Å². The van der Waals surface area contributed by atoms with Crippen LogP contribution in [0.15, 0.2) is 48.3 Å². The molecule has 1 aliphatic rings. The Labute approximate surface area is 171 Å². The van der Waals surface area contributed by atoms with Crippen LogP contribution in [0.25, 0.3) is 0 Å². The SMILES string of the molecule is COc1ccc(OCCNc2ncc(C(=O)NCCC3=CCCCC3)cn2)cc1. The van der Waals surface area contributed by atoms with E-state index >= 15 is 0 Å². The minimum absolute atomic E-state index is 0.143. The quantitative estimate of drug-likeness (QED) is 0.471. The summed E-state index contributed by atoms with van der Waals surface area (Å²) in [6.45, 7) is 1.66. The molecule has 2 aromatic rings. The molecular formula is C22H28N4O3. The fraction of sp³-hybridized carbons (Fsp3) is 0.409. The molecule has 7 nitrogen and oxygen atoms in total. The van der Waals surface area contributed by atoms with Crippen molar-refractivity contribution in [2.75, 3.05) is 32.1 Å². The molecule has 0 fully saturated rings. The van der Waals surface area contributed by atoms with Gasteiger partial charge >= 0.3 is 0 Å². The number of hydrogen-bond donors (Lipinski definition) is 2. The number of ether oxygens (including phenoxy) is 2. The lowest BCUT2D eigenvalue weighted by atomic mass is 9.97. The topological polar surface area (TPSA) is 85.4 Å². The number of benzene rings is 1. The zero-order valence-electron chi connectivity index (χ0n) is 16.8. The van der Waals surface area contributed by atoms with Crippen LogP contribution in [0.4, 0.5) is 5.95 Å². The largest absolute Gasteiger partial charge is 0.497 e. The van der Waals surface area contributed by atoms with Gasteiger partial charge < -0.3 is 20.1 Å². The first-order chi connectivity index (χ1) is 14.2. The molecule has 3 rings (SSSR count). The summed E-state index contributed by atoms with van der Waals surface area (Å²) in [6, 6.07) is 7.41. The van der Waals surface area contributed by atoms with Crippen LogP contribution in [-0.2, 0) is 0 Å². The van der Waals surface area contributed by atoms with Crippen LogP contribution in [0.1, 0.15) is 42.5 Å². The van der Waals surface area contributed by atoms with Crippen LogP contribution >= 0.6 is 0 Å². The smallest absolute Gasteiger partial charge is 0.254 e. The Morgan fingerprint density at radius 1 is 1.07 bits per heavy atom. The van der Waals surface area contributed by atoms with Crippen LogP contribution in [0.3, 0.4) is 0 Å². The molecule has 1 aromatic carbocycles. The third-order valence-electron chi connectivity index (χ3n) is 4.74. The van der Waals surface area contributed by atoms with E-state index in [1.54, 1.807) is 7.11 Å². The van der Waals surface area contributed by atoms with Gasteiger partial charge in [0.15, 0.2) is 0 Å². The maximum Gasteiger partial charge on any atom is 0.254 e. The van der Waals surface area contributed by atoms with Crippen LogP contribution in [0.5, 0.6) is 11.5 Å². The van der Waals surface area contributed by atoms with Crippen molar-refractivity contribution >= 4 is 11.9 Å². The molecule has 0 saturated heterocycles. The lowest BCUT2D eigenvalue weighted by Gasteiger charge is -2.13. The van der Waals surface area contributed by atoms with E-state index in [4.69, 9.17) is 9.47 Å². The number of nitrogens with zero attached hydrogens (tertiary/aromatic N) is 2. The molecule has 0 radical (unpaired) electrons. The van der Waals surface area contributed by atoms with Crippen molar-refractivity contribution in [1.29, 1.82) is 0 Å². The average Bonchev–Trinajstić information content (AvgIpc) is 2.78. The summed E-state index contributed by atoms with van der Waals surface area (Å²) >= 11 is 0. The van der Waals surface area contributed by atoms with E-state index in [1.165, 1.54) is 30.8 Å². The van der Waals surface area contributed by atoms with Gasteiger partial charge in [-0.15, -0.1) is 0 Å². The number of aromatic nitrogens is 2. The molecule has 0 aliphatic heterocycles. The van der Waals surface area contributed by atoms with Gasteiger partial charge in [-0.3, -0.25) is 4.79 Å². The average molecular weight is 396 g/mol. The number of amides is 1. The van der Waals surface area contributed by atoms with Crippen molar-refractivity contribution in [2.24, 2.45) is 0 Å². The second-order valence-corrected chi connectivity index (χ2v) is 6.86. The van der Waals surface area contributed by atoms with E-state index in [0.717, 1.165) is 30.8 Å². The van der Waals surface area contributed by atoms with Gasteiger partial charge in [0.1, 0.15) is 18.1 Å². The van der Waals surface area contributed by atoms with E-state index in [2.05, 4.69) is 26.7 Å². The van der Waals surface area contributed by atoms with Crippen molar-refractivity contribution in [3.63, 3.8) is 0 Å². The highest BCUT2D eigenvalue weighted by Gasteiger charge is 2.08. The highest BCUT2D eigenvalue weighted by molar-refractivity contribution is 5.93. The predicted octanol–water partition coefficient (Wildman–Crippen LogP) is 3.60. The maximum atomic E-state index is 12.2. The van der Waals surface area contributed by atoms with Gasteiger partial charge in [-0.1, -0.05) is 11.6 Å². The van der Waals surface area contributed by atoms with Crippen LogP contribution in [0, 0.1) is 0 Å². The van der Waals surface area contributed by atoms with Gasteiger partial charge in [0.2, 0.25) is 5.95 Å².